The number of hydrogen-bond donors (Lipinski definition) is 2. The molecule has 3 aromatic carbocycles. The predicted octanol–water partition coefficient (Wildman–Crippen LogP) is 7.94. The summed E-state index contributed by atoms with van der Waals surface area (Å²) in [5.41, 5.74) is -1.17. The molecule has 0 aromatic heterocycles. The van der Waals surface area contributed by atoms with Crippen LogP contribution < -0.4 is 10.6 Å². The molecule has 2 aliphatic rings. The van der Waals surface area contributed by atoms with Gasteiger partial charge in [-0.15, -0.1) is 0 Å². The quantitative estimate of drug-likeness (QED) is 0.256. The van der Waals surface area contributed by atoms with Crippen LogP contribution in [0.5, 0.6) is 0 Å². The number of nitrogens with one attached hydrogen (secondary N) is 2. The first kappa shape index (κ1) is 31.9. The molecule has 4 atom stereocenters. The fraction of sp³-hybridized carbons (Fsp3) is 0.382. The number of methoxy groups -OCH3 is 1. The summed E-state index contributed by atoms with van der Waals surface area (Å²) < 4.78 is 36.6. The molecule has 230 valence electrons. The largest absolute Gasteiger partial charge is 0.465 e. The smallest absolute Gasteiger partial charge is 0.337 e. The van der Waals surface area contributed by atoms with E-state index in [4.69, 9.17) is 27.9 Å². The first-order valence-corrected chi connectivity index (χ1v) is 15.3. The van der Waals surface area contributed by atoms with Crippen molar-refractivity contribution in [2.24, 2.45) is 5.41 Å². The van der Waals surface area contributed by atoms with Gasteiger partial charge in [-0.3, -0.25) is 4.79 Å². The van der Waals surface area contributed by atoms with Crippen LogP contribution in [0.15, 0.2) is 60.7 Å². The highest BCUT2D eigenvalue weighted by Gasteiger charge is 2.61. The Labute approximate surface area is 265 Å². The lowest BCUT2D eigenvalue weighted by atomic mass is 9.61. The van der Waals surface area contributed by atoms with Gasteiger partial charge in [0.25, 0.3) is 0 Å². The third kappa shape index (κ3) is 5.93. The number of benzene rings is 3. The molecule has 0 spiro atoms. The van der Waals surface area contributed by atoms with Gasteiger partial charge in [0.2, 0.25) is 5.91 Å². The third-order valence-electron chi connectivity index (χ3n) is 9.25. The molecule has 1 saturated heterocycles. The van der Waals surface area contributed by atoms with Gasteiger partial charge >= 0.3 is 5.97 Å². The molecular weight excluding hydrogens is 607 g/mol. The van der Waals surface area contributed by atoms with Crippen molar-refractivity contribution in [2.75, 3.05) is 12.4 Å². The zero-order chi connectivity index (χ0) is 31.6. The summed E-state index contributed by atoms with van der Waals surface area (Å²) in [5, 5.41) is 17.3. The molecule has 44 heavy (non-hydrogen) atoms. The van der Waals surface area contributed by atoms with E-state index in [9.17, 15) is 14.9 Å². The van der Waals surface area contributed by atoms with Crippen molar-refractivity contribution in [3.05, 3.63) is 99.0 Å². The second-order valence-electron chi connectivity index (χ2n) is 12.1. The summed E-state index contributed by atoms with van der Waals surface area (Å²) in [6.45, 7) is 2.15. The van der Waals surface area contributed by atoms with E-state index in [1.807, 2.05) is 0 Å². The fourth-order valence-electron chi connectivity index (χ4n) is 7.07. The molecule has 0 unspecified atom stereocenters. The van der Waals surface area contributed by atoms with Crippen LogP contribution in [0.2, 0.25) is 10.0 Å². The lowest BCUT2D eigenvalue weighted by molar-refractivity contribution is -0.118. The Morgan fingerprint density at radius 3 is 2.41 bits per heavy atom. The Bertz CT molecular complexity index is 1600. The minimum atomic E-state index is -1.71. The average Bonchev–Trinajstić information content (AvgIpc) is 3.32. The number of esters is 1. The van der Waals surface area contributed by atoms with Gasteiger partial charge < -0.3 is 15.4 Å². The van der Waals surface area contributed by atoms with Gasteiger partial charge in [-0.2, -0.15) is 5.26 Å². The molecule has 2 fully saturated rings. The van der Waals surface area contributed by atoms with Crippen molar-refractivity contribution in [1.82, 2.24) is 5.32 Å². The van der Waals surface area contributed by atoms with Crippen LogP contribution in [0.4, 0.5) is 14.5 Å². The van der Waals surface area contributed by atoms with Crippen molar-refractivity contribution >= 4 is 40.8 Å². The minimum Gasteiger partial charge on any atom is -0.465 e. The molecule has 3 aromatic rings. The van der Waals surface area contributed by atoms with E-state index in [2.05, 4.69) is 23.6 Å². The number of nitrogens with zero attached hydrogens (tertiary/aromatic N) is 1. The van der Waals surface area contributed by atoms with E-state index < -0.39 is 46.9 Å². The Balaban J connectivity index is 1.66. The zero-order valence-corrected chi connectivity index (χ0v) is 25.9. The lowest BCUT2D eigenvalue weighted by Gasteiger charge is -2.41. The van der Waals surface area contributed by atoms with E-state index in [0.717, 1.165) is 38.2 Å². The Morgan fingerprint density at radius 1 is 1.07 bits per heavy atom. The average molecular weight is 641 g/mol. The second kappa shape index (κ2) is 12.8. The van der Waals surface area contributed by atoms with Crippen LogP contribution in [-0.2, 0) is 14.9 Å². The Morgan fingerprint density at radius 2 is 1.77 bits per heavy atom. The van der Waals surface area contributed by atoms with Gasteiger partial charge in [-0.05, 0) is 72.7 Å². The van der Waals surface area contributed by atoms with Crippen molar-refractivity contribution in [1.29, 1.82) is 5.26 Å². The molecule has 1 heterocycles. The summed E-state index contributed by atoms with van der Waals surface area (Å²) in [4.78, 5) is 26.0. The topological polar surface area (TPSA) is 91.2 Å². The lowest BCUT2D eigenvalue weighted by Crippen LogP contribution is -2.46. The summed E-state index contributed by atoms with van der Waals surface area (Å²) in [6.07, 6.45) is 5.44. The van der Waals surface area contributed by atoms with Crippen molar-refractivity contribution in [2.45, 2.75) is 68.9 Å². The minimum absolute atomic E-state index is 0.0263. The highest BCUT2D eigenvalue weighted by Crippen LogP contribution is 2.54. The second-order valence-corrected chi connectivity index (χ2v) is 12.9. The van der Waals surface area contributed by atoms with Crippen LogP contribution in [0.25, 0.3) is 0 Å². The number of halogens is 4. The van der Waals surface area contributed by atoms with Crippen LogP contribution in [0, 0.1) is 28.4 Å². The molecule has 6 nitrogen and oxygen atoms in total. The molecule has 1 aliphatic carbocycles. The number of ether oxygens (including phenoxy) is 1. The summed E-state index contributed by atoms with van der Waals surface area (Å²) in [7, 11) is 1.27. The van der Waals surface area contributed by atoms with Crippen LogP contribution in [-0.4, -0.2) is 31.1 Å². The highest BCUT2D eigenvalue weighted by atomic mass is 35.5. The molecule has 1 aliphatic heterocycles. The molecule has 0 radical (unpaired) electrons. The number of carbonyl (C=O) groups excluding carboxylic acids is 2. The van der Waals surface area contributed by atoms with Crippen molar-refractivity contribution < 1.29 is 23.1 Å². The van der Waals surface area contributed by atoms with E-state index in [-0.39, 0.29) is 26.6 Å². The van der Waals surface area contributed by atoms with Crippen LogP contribution in [0.1, 0.15) is 72.9 Å². The van der Waals surface area contributed by atoms with Crippen LogP contribution in [0.3, 0.4) is 0 Å². The third-order valence-corrected chi connectivity index (χ3v) is 9.77. The number of nitriles is 1. The Kier molecular flexibility index (Phi) is 9.31. The normalized spacial score (nSPS) is 24.3. The maximum absolute atomic E-state index is 15.9. The molecule has 2 N–H and O–H groups in total. The van der Waals surface area contributed by atoms with Crippen molar-refractivity contribution in [3.63, 3.8) is 0 Å². The number of hydrogen-bond acceptors (Lipinski definition) is 5. The maximum Gasteiger partial charge on any atom is 0.337 e. The number of carbonyl (C=O) groups is 2. The van der Waals surface area contributed by atoms with Crippen LogP contribution >= 0.6 is 23.2 Å². The predicted molar refractivity (Wildman–Crippen MR) is 166 cm³/mol. The van der Waals surface area contributed by atoms with Gasteiger partial charge in [0, 0.05) is 28.2 Å². The van der Waals surface area contributed by atoms with E-state index in [1.54, 1.807) is 18.2 Å². The molecule has 1 saturated carbocycles. The van der Waals surface area contributed by atoms with Gasteiger partial charge in [-0.1, -0.05) is 67.6 Å². The summed E-state index contributed by atoms with van der Waals surface area (Å²) >= 11 is 12.4. The maximum atomic E-state index is 15.9. The van der Waals surface area contributed by atoms with Crippen molar-refractivity contribution in [3.8, 4) is 6.07 Å². The van der Waals surface area contributed by atoms with Gasteiger partial charge in [0.1, 0.15) is 17.0 Å². The highest BCUT2D eigenvalue weighted by molar-refractivity contribution is 6.31. The van der Waals surface area contributed by atoms with Gasteiger partial charge in [0.05, 0.1) is 29.8 Å². The SMILES string of the molecule is COC(=O)c1ccc(NC(=O)[C@@H]2N[C@@H](CC3(C)CCCCC3)[C@](C#N)(c3ccc(Cl)cc3F)[C@H]2c2cccc(Cl)c2F)cc1. The standard InChI is InChI=1S/C34H33Cl2F2N3O3/c1-33(15-4-3-5-16-33)18-27-34(19-39,24-14-11-21(35)17-26(24)37)28(23-7-6-8-25(36)29(23)38)30(41-27)31(42)40-22-12-9-20(10-13-22)32(43)44-2/h6-14,17,27-28,30,41H,3-5,15-16,18H2,1-2H3,(H,40,42)/t27-,28-,30+,34-/m0/s1. The number of rotatable bonds is 7. The summed E-state index contributed by atoms with van der Waals surface area (Å²) in [5.74, 6) is -3.75. The molecule has 10 heteroatoms. The molecular formula is C34H33Cl2F2N3O3. The van der Waals surface area contributed by atoms with Gasteiger partial charge in [0.15, 0.2) is 0 Å². The molecule has 1 amide bonds. The zero-order valence-electron chi connectivity index (χ0n) is 24.4. The Hall–Kier alpha value is -3.51. The number of anilines is 1. The first-order chi connectivity index (χ1) is 21.0. The monoisotopic (exact) mass is 639 g/mol. The van der Waals surface area contributed by atoms with Gasteiger partial charge in [-0.25, -0.2) is 13.6 Å². The molecule has 5 rings (SSSR count). The van der Waals surface area contributed by atoms with E-state index >= 15 is 8.78 Å². The number of amides is 1. The van der Waals surface area contributed by atoms with E-state index in [1.165, 1.54) is 43.5 Å². The molecule has 0 bridgehead atoms. The van der Waals surface area contributed by atoms with E-state index in [0.29, 0.717) is 17.7 Å². The fourth-order valence-corrected chi connectivity index (χ4v) is 7.41. The first-order valence-electron chi connectivity index (χ1n) is 14.6. The summed E-state index contributed by atoms with van der Waals surface area (Å²) in [6, 6.07) is 15.1.